The van der Waals surface area contributed by atoms with E-state index in [1.54, 1.807) is 7.11 Å². The molecule has 0 aromatic rings. The Kier molecular flexibility index (Phi) is 14.3. The number of carbonyl (C=O) groups excluding carboxylic acids is 2. The van der Waals surface area contributed by atoms with Gasteiger partial charge in [0, 0.05) is 37.7 Å². The Morgan fingerprint density at radius 3 is 2.28 bits per heavy atom. The van der Waals surface area contributed by atoms with Gasteiger partial charge < -0.3 is 29.9 Å². The molecule has 0 radical (unpaired) electrons. The van der Waals surface area contributed by atoms with Crippen LogP contribution in [0.1, 0.15) is 148 Å². The van der Waals surface area contributed by atoms with Crippen LogP contribution in [0, 0.1) is 71.0 Å². The van der Waals surface area contributed by atoms with E-state index in [9.17, 15) is 19.8 Å². The summed E-state index contributed by atoms with van der Waals surface area (Å²) in [4.78, 5) is 27.9. The molecule has 0 bridgehead atoms. The average molecular weight is 695 g/mol. The number of aliphatic hydroxyl groups is 1. The number of rotatable bonds is 8. The highest BCUT2D eigenvalue weighted by atomic mass is 16.5. The zero-order valence-corrected chi connectivity index (χ0v) is 31.3. The van der Waals surface area contributed by atoms with E-state index in [0.29, 0.717) is 49.4 Å². The van der Waals surface area contributed by atoms with E-state index in [2.05, 4.69) is 17.2 Å². The number of methoxy groups -OCH3 is 1. The van der Waals surface area contributed by atoms with E-state index >= 15 is 0 Å². The Labute approximate surface area is 303 Å². The van der Waals surface area contributed by atoms with E-state index in [-0.39, 0.29) is 48.1 Å². The molecule has 6 aliphatic rings. The maximum Gasteiger partial charge on any atom is 0.137 e. The minimum Gasteiger partial charge on any atom is -0.841 e. The van der Waals surface area contributed by atoms with E-state index in [4.69, 9.17) is 10.5 Å². The Hall–Kier alpha value is -1.30. The molecule has 1 saturated heterocycles. The summed E-state index contributed by atoms with van der Waals surface area (Å²) in [5, 5.41) is 27.3. The number of piperidine rings is 1. The highest BCUT2D eigenvalue weighted by Gasteiger charge is 2.44. The summed E-state index contributed by atoms with van der Waals surface area (Å²) in [7, 11) is 1.66. The van der Waals surface area contributed by atoms with Crippen LogP contribution in [0.15, 0.2) is 0 Å². The number of quaternary nitrogens is 1. The number of carbonyl (C=O) groups is 2. The van der Waals surface area contributed by atoms with Crippen LogP contribution in [0.3, 0.4) is 0 Å². The number of nitrogens with two attached hydrogens (primary N) is 2. The molecular weight excluding hydrogens is 624 g/mol. The minimum absolute atomic E-state index is 0.140. The highest BCUT2D eigenvalue weighted by Crippen LogP contribution is 2.47. The molecule has 1 aliphatic heterocycles. The third-order valence-electron chi connectivity index (χ3n) is 14.7. The zero-order valence-electron chi connectivity index (χ0n) is 31.3. The largest absolute Gasteiger partial charge is 0.841 e. The molecule has 5 aliphatic carbocycles. The topological polar surface area (TPSA) is 129 Å². The van der Waals surface area contributed by atoms with Gasteiger partial charge in [0.1, 0.15) is 17.7 Å². The molecule has 4 saturated carbocycles. The Bertz CT molecular complexity index is 1150. The normalized spacial score (nSPS) is 41.4. The van der Waals surface area contributed by atoms with Gasteiger partial charge in [-0.2, -0.15) is 0 Å². The first kappa shape index (κ1) is 38.4. The summed E-state index contributed by atoms with van der Waals surface area (Å²) < 4.78 is 5.71. The van der Waals surface area contributed by atoms with Crippen LogP contribution in [0.5, 0.6) is 0 Å². The zero-order chi connectivity index (χ0) is 35.0. The number of fused-ring (bicyclic) bond motifs is 2. The summed E-state index contributed by atoms with van der Waals surface area (Å²) >= 11 is 0. The van der Waals surface area contributed by atoms with E-state index < -0.39 is 23.9 Å². The number of ketones is 2. The van der Waals surface area contributed by atoms with Crippen molar-refractivity contribution >= 4 is 11.6 Å². The number of ether oxygens (including phenoxy) is 1. The van der Waals surface area contributed by atoms with Crippen molar-refractivity contribution in [2.75, 3.05) is 13.7 Å². The molecule has 282 valence electrons. The number of hydrogen-bond acceptors (Lipinski definition) is 6. The van der Waals surface area contributed by atoms with Crippen LogP contribution < -0.4 is 16.2 Å². The van der Waals surface area contributed by atoms with E-state index in [0.717, 1.165) is 57.4 Å². The van der Waals surface area contributed by atoms with Gasteiger partial charge in [0.05, 0.1) is 18.8 Å². The van der Waals surface area contributed by atoms with Gasteiger partial charge >= 0.3 is 0 Å². The van der Waals surface area contributed by atoms with Crippen LogP contribution in [-0.4, -0.2) is 54.8 Å². The molecule has 7 heteroatoms. The summed E-state index contributed by atoms with van der Waals surface area (Å²) in [5.74, 6) is 9.47. The first-order chi connectivity index (χ1) is 24.3. The summed E-state index contributed by atoms with van der Waals surface area (Å²) in [5.41, 5.74) is 6.43. The van der Waals surface area contributed by atoms with Gasteiger partial charge in [-0.05, 0) is 112 Å². The van der Waals surface area contributed by atoms with Gasteiger partial charge in [0.25, 0.3) is 0 Å². The first-order valence-corrected chi connectivity index (χ1v) is 21.3. The van der Waals surface area contributed by atoms with Gasteiger partial charge in [0.15, 0.2) is 0 Å². The molecule has 6 rings (SSSR count). The van der Waals surface area contributed by atoms with E-state index in [1.807, 2.05) is 0 Å². The molecule has 7 nitrogen and oxygen atoms in total. The molecule has 12 atom stereocenters. The lowest BCUT2D eigenvalue weighted by atomic mass is 9.63. The monoisotopic (exact) mass is 695 g/mol. The van der Waals surface area contributed by atoms with E-state index in [1.165, 1.54) is 70.6 Å². The number of aliphatic hydroxyl groups excluding tert-OH is 1. The number of hydrogen-bond donors (Lipinski definition) is 3. The molecule has 50 heavy (non-hydrogen) atoms. The molecule has 5 fully saturated rings. The van der Waals surface area contributed by atoms with Crippen LogP contribution in [0.4, 0.5) is 0 Å². The lowest BCUT2D eigenvalue weighted by molar-refractivity contribution is -0.699. The average Bonchev–Trinajstić information content (AvgIpc) is 3.29. The predicted octanol–water partition coefficient (Wildman–Crippen LogP) is 5.30. The van der Waals surface area contributed by atoms with Gasteiger partial charge in [-0.3, -0.25) is 5.73 Å². The third-order valence-corrected chi connectivity index (χ3v) is 14.7. The second-order valence-electron chi connectivity index (χ2n) is 18.1. The highest BCUT2D eigenvalue weighted by molar-refractivity contribution is 6.05. The summed E-state index contributed by atoms with van der Waals surface area (Å²) in [6, 6.07) is 0. The molecule has 0 amide bonds. The van der Waals surface area contributed by atoms with Crippen molar-refractivity contribution in [2.24, 2.45) is 64.9 Å². The Balaban J connectivity index is 1.31. The first-order valence-electron chi connectivity index (χ1n) is 21.3. The van der Waals surface area contributed by atoms with Crippen molar-refractivity contribution in [3.05, 3.63) is 0 Å². The molecule has 0 aromatic carbocycles. The standard InChI is InChI=1S/C43H69N2O5/c1-50-40-26-34-16-18-38(46)43(49)42(48)37-24-29(12-8-11-28-9-4-2-5-10-28)21-31(22-30-19-20-45-41(44)25-30)23-33(37)15-17-35(36(34)27-39(40)47)32-13-6-3-7-14-32/h28-37,39-41,43,45,47H,2-14,16,18-27,44H2,1H3/q-1/p+1/t29-,30?,31+,33+,34?,35-,36?,37+,39?,40?,41?,43+/m1/s1. The van der Waals surface area contributed by atoms with Gasteiger partial charge in [-0.15, -0.1) is 0 Å². The smallest absolute Gasteiger partial charge is 0.137 e. The van der Waals surface area contributed by atoms with Crippen molar-refractivity contribution in [2.45, 2.75) is 172 Å². The summed E-state index contributed by atoms with van der Waals surface area (Å²) in [6.07, 6.45) is 22.0. The van der Waals surface area contributed by atoms with Crippen LogP contribution in [-0.2, 0) is 14.3 Å². The molecular formula is C43H70N2O5. The Morgan fingerprint density at radius 2 is 1.54 bits per heavy atom. The van der Waals surface area contributed by atoms with Crippen LogP contribution in [0.2, 0.25) is 0 Å². The maximum absolute atomic E-state index is 14.3. The van der Waals surface area contributed by atoms with Crippen molar-refractivity contribution in [1.29, 1.82) is 0 Å². The van der Waals surface area contributed by atoms with Gasteiger partial charge in [0.2, 0.25) is 0 Å². The van der Waals surface area contributed by atoms with Crippen molar-refractivity contribution in [1.82, 2.24) is 0 Å². The molecule has 1 heterocycles. The quantitative estimate of drug-likeness (QED) is 0.234. The molecule has 0 aromatic heterocycles. The SMILES string of the molecule is COC1CC2CCC(=O)[C@H]([O-])C(=O)[C@H]3C[C@H](CCCC4CCCCC4)C[C@@H](CC4CC[NH2+]C(N)C4)C[C@@H]3C#C[C@H](C3CCCCC3)C2CC1O. The predicted molar refractivity (Wildman–Crippen MR) is 194 cm³/mol. The second kappa shape index (κ2) is 18.6. The maximum atomic E-state index is 14.3. The van der Waals surface area contributed by atoms with Crippen molar-refractivity contribution in [3.8, 4) is 11.8 Å². The Morgan fingerprint density at radius 1 is 0.800 bits per heavy atom. The molecule has 6 unspecified atom stereocenters. The summed E-state index contributed by atoms with van der Waals surface area (Å²) in [6.45, 7) is 1.08. The number of Topliss-reactive ketones (excluding diaryl/α,β-unsaturated/α-hetero) is 2. The molecule has 0 spiro atoms. The van der Waals surface area contributed by atoms with Crippen LogP contribution >= 0.6 is 0 Å². The van der Waals surface area contributed by atoms with Gasteiger partial charge in [-0.25, -0.2) is 0 Å². The fourth-order valence-electron chi connectivity index (χ4n) is 12.0. The fraction of sp³-hybridized carbons (Fsp3) is 0.907. The second-order valence-corrected chi connectivity index (χ2v) is 18.1. The third kappa shape index (κ3) is 10.0. The lowest BCUT2D eigenvalue weighted by Gasteiger charge is -2.44. The van der Waals surface area contributed by atoms with Crippen molar-refractivity contribution in [3.63, 3.8) is 0 Å². The van der Waals surface area contributed by atoms with Crippen molar-refractivity contribution < 1.29 is 29.9 Å². The van der Waals surface area contributed by atoms with Gasteiger partial charge in [-0.1, -0.05) is 82.5 Å². The minimum atomic E-state index is -1.81. The molecule has 5 N–H and O–H groups in total. The fourth-order valence-corrected chi connectivity index (χ4v) is 12.0. The lowest BCUT2D eigenvalue weighted by Crippen LogP contribution is -2.94. The van der Waals surface area contributed by atoms with Crippen LogP contribution in [0.25, 0.3) is 0 Å².